The van der Waals surface area contributed by atoms with Crippen LogP contribution in [0.15, 0.2) is 12.1 Å². The van der Waals surface area contributed by atoms with Crippen LogP contribution < -0.4 is 10.1 Å². The van der Waals surface area contributed by atoms with Gasteiger partial charge in [-0.3, -0.25) is 0 Å². The van der Waals surface area contributed by atoms with Gasteiger partial charge in [0.15, 0.2) is 0 Å². The molecule has 2 heteroatoms. The molecule has 19 heavy (non-hydrogen) atoms. The van der Waals surface area contributed by atoms with Crippen molar-refractivity contribution in [3.63, 3.8) is 0 Å². The number of hydrogen-bond acceptors (Lipinski definition) is 2. The van der Waals surface area contributed by atoms with E-state index in [1.165, 1.54) is 36.0 Å². The highest BCUT2D eigenvalue weighted by Crippen LogP contribution is 2.29. The molecular formula is C17H27NO. The lowest BCUT2D eigenvalue weighted by Gasteiger charge is -2.20. The van der Waals surface area contributed by atoms with E-state index in [1.54, 1.807) is 0 Å². The van der Waals surface area contributed by atoms with Crippen LogP contribution in [0.5, 0.6) is 5.75 Å². The molecule has 1 aliphatic rings. The van der Waals surface area contributed by atoms with Crippen LogP contribution >= 0.6 is 0 Å². The standard InChI is InChI=1S/C17H27NO/c1-12-10-13(2)17(14(3)11-12)19-9-8-15-6-5-7-16(15)18-4/h10-11,15-16,18H,5-9H2,1-4H3. The van der Waals surface area contributed by atoms with Crippen LogP contribution in [0.25, 0.3) is 0 Å². The Balaban J connectivity index is 1.89. The molecule has 0 spiro atoms. The summed E-state index contributed by atoms with van der Waals surface area (Å²) in [5.41, 5.74) is 3.83. The second-order valence-corrected chi connectivity index (χ2v) is 5.95. The molecule has 0 aliphatic heterocycles. The van der Waals surface area contributed by atoms with Gasteiger partial charge in [-0.2, -0.15) is 0 Å². The highest BCUT2D eigenvalue weighted by molar-refractivity contribution is 5.42. The van der Waals surface area contributed by atoms with Crippen LogP contribution in [0.1, 0.15) is 42.4 Å². The van der Waals surface area contributed by atoms with Crippen molar-refractivity contribution in [2.75, 3.05) is 13.7 Å². The summed E-state index contributed by atoms with van der Waals surface area (Å²) >= 11 is 0. The van der Waals surface area contributed by atoms with Gasteiger partial charge in [0, 0.05) is 6.04 Å². The van der Waals surface area contributed by atoms with Gasteiger partial charge in [0.1, 0.15) is 5.75 Å². The summed E-state index contributed by atoms with van der Waals surface area (Å²) in [6.45, 7) is 7.26. The minimum Gasteiger partial charge on any atom is -0.493 e. The molecular weight excluding hydrogens is 234 g/mol. The van der Waals surface area contributed by atoms with E-state index in [2.05, 4.69) is 45.3 Å². The fourth-order valence-corrected chi connectivity index (χ4v) is 3.47. The summed E-state index contributed by atoms with van der Waals surface area (Å²) < 4.78 is 6.05. The van der Waals surface area contributed by atoms with E-state index >= 15 is 0 Å². The smallest absolute Gasteiger partial charge is 0.125 e. The molecule has 1 N–H and O–H groups in total. The van der Waals surface area contributed by atoms with Gasteiger partial charge in [0.2, 0.25) is 0 Å². The van der Waals surface area contributed by atoms with Crippen molar-refractivity contribution < 1.29 is 4.74 Å². The summed E-state index contributed by atoms with van der Waals surface area (Å²) in [4.78, 5) is 0. The Morgan fingerprint density at radius 2 is 1.84 bits per heavy atom. The molecule has 1 fully saturated rings. The lowest BCUT2D eigenvalue weighted by molar-refractivity contribution is 0.261. The Labute approximate surface area is 117 Å². The first-order valence-corrected chi connectivity index (χ1v) is 7.49. The summed E-state index contributed by atoms with van der Waals surface area (Å²) in [5.74, 6) is 1.88. The van der Waals surface area contributed by atoms with E-state index < -0.39 is 0 Å². The first kappa shape index (κ1) is 14.4. The van der Waals surface area contributed by atoms with Gasteiger partial charge in [-0.25, -0.2) is 0 Å². The molecule has 0 amide bonds. The monoisotopic (exact) mass is 261 g/mol. The fraction of sp³-hybridized carbons (Fsp3) is 0.647. The number of nitrogens with one attached hydrogen (secondary N) is 1. The third-order valence-corrected chi connectivity index (χ3v) is 4.37. The van der Waals surface area contributed by atoms with Crippen molar-refractivity contribution in [2.24, 2.45) is 5.92 Å². The largest absolute Gasteiger partial charge is 0.493 e. The predicted octanol–water partition coefficient (Wildman–Crippen LogP) is 3.77. The molecule has 0 radical (unpaired) electrons. The minimum absolute atomic E-state index is 0.698. The van der Waals surface area contributed by atoms with E-state index in [4.69, 9.17) is 4.74 Å². The zero-order chi connectivity index (χ0) is 13.8. The van der Waals surface area contributed by atoms with E-state index in [0.717, 1.165) is 24.7 Å². The number of benzene rings is 1. The maximum Gasteiger partial charge on any atom is 0.125 e. The van der Waals surface area contributed by atoms with Gasteiger partial charge in [0.25, 0.3) is 0 Å². The first-order valence-electron chi connectivity index (χ1n) is 7.49. The summed E-state index contributed by atoms with van der Waals surface area (Å²) in [5, 5.41) is 3.44. The molecule has 0 aromatic heterocycles. The SMILES string of the molecule is CNC1CCCC1CCOc1c(C)cc(C)cc1C. The summed E-state index contributed by atoms with van der Waals surface area (Å²) in [7, 11) is 2.08. The van der Waals surface area contributed by atoms with Crippen molar-refractivity contribution in [2.45, 2.75) is 52.5 Å². The van der Waals surface area contributed by atoms with E-state index in [-0.39, 0.29) is 0 Å². The molecule has 1 saturated carbocycles. The van der Waals surface area contributed by atoms with Crippen molar-refractivity contribution in [3.05, 3.63) is 28.8 Å². The Morgan fingerprint density at radius 3 is 2.47 bits per heavy atom. The van der Waals surface area contributed by atoms with Crippen molar-refractivity contribution in [1.82, 2.24) is 5.32 Å². The fourth-order valence-electron chi connectivity index (χ4n) is 3.47. The third kappa shape index (κ3) is 3.50. The summed E-state index contributed by atoms with van der Waals surface area (Å²) in [6, 6.07) is 5.10. The van der Waals surface area contributed by atoms with Gasteiger partial charge in [-0.1, -0.05) is 24.1 Å². The topological polar surface area (TPSA) is 21.3 Å². The number of aryl methyl sites for hydroxylation is 3. The molecule has 1 aliphatic carbocycles. The Morgan fingerprint density at radius 1 is 1.16 bits per heavy atom. The average Bonchev–Trinajstić information content (AvgIpc) is 2.79. The quantitative estimate of drug-likeness (QED) is 0.871. The van der Waals surface area contributed by atoms with Crippen molar-refractivity contribution in [3.8, 4) is 5.75 Å². The minimum atomic E-state index is 0.698. The van der Waals surface area contributed by atoms with E-state index in [0.29, 0.717) is 6.04 Å². The molecule has 0 saturated heterocycles. The second-order valence-electron chi connectivity index (χ2n) is 5.95. The third-order valence-electron chi connectivity index (χ3n) is 4.37. The van der Waals surface area contributed by atoms with Gasteiger partial charge in [-0.05, 0) is 64.1 Å². The number of hydrogen-bond donors (Lipinski definition) is 1. The van der Waals surface area contributed by atoms with Crippen LogP contribution in [-0.4, -0.2) is 19.7 Å². The molecule has 106 valence electrons. The maximum absolute atomic E-state index is 6.05. The lowest BCUT2D eigenvalue weighted by atomic mass is 10.0. The van der Waals surface area contributed by atoms with Crippen LogP contribution in [0, 0.1) is 26.7 Å². The number of ether oxygens (including phenoxy) is 1. The van der Waals surface area contributed by atoms with Crippen LogP contribution in [0.2, 0.25) is 0 Å². The normalized spacial score (nSPS) is 22.7. The molecule has 2 rings (SSSR count). The van der Waals surface area contributed by atoms with E-state index in [1.807, 2.05) is 0 Å². The van der Waals surface area contributed by atoms with Crippen LogP contribution in [0.4, 0.5) is 0 Å². The second kappa shape index (κ2) is 6.42. The maximum atomic E-state index is 6.05. The Hall–Kier alpha value is -1.02. The average molecular weight is 261 g/mol. The molecule has 0 bridgehead atoms. The zero-order valence-corrected chi connectivity index (χ0v) is 12.8. The Kier molecular flexibility index (Phi) is 4.87. The molecule has 2 nitrogen and oxygen atoms in total. The van der Waals surface area contributed by atoms with Gasteiger partial charge in [0.05, 0.1) is 6.61 Å². The molecule has 1 aromatic rings. The predicted molar refractivity (Wildman–Crippen MR) is 81.0 cm³/mol. The van der Waals surface area contributed by atoms with Gasteiger partial charge >= 0.3 is 0 Å². The van der Waals surface area contributed by atoms with E-state index in [9.17, 15) is 0 Å². The highest BCUT2D eigenvalue weighted by atomic mass is 16.5. The lowest BCUT2D eigenvalue weighted by Crippen LogP contribution is -2.29. The van der Waals surface area contributed by atoms with Gasteiger partial charge < -0.3 is 10.1 Å². The van der Waals surface area contributed by atoms with Crippen molar-refractivity contribution >= 4 is 0 Å². The molecule has 1 aromatic carbocycles. The Bertz CT molecular complexity index is 404. The molecule has 0 heterocycles. The zero-order valence-electron chi connectivity index (χ0n) is 12.8. The van der Waals surface area contributed by atoms with Crippen LogP contribution in [0.3, 0.4) is 0 Å². The highest BCUT2D eigenvalue weighted by Gasteiger charge is 2.25. The molecule has 2 atom stereocenters. The van der Waals surface area contributed by atoms with Crippen LogP contribution in [-0.2, 0) is 0 Å². The number of rotatable bonds is 5. The first-order chi connectivity index (χ1) is 9.11. The van der Waals surface area contributed by atoms with Gasteiger partial charge in [-0.15, -0.1) is 0 Å². The summed E-state index contributed by atoms with van der Waals surface area (Å²) in [6.07, 6.45) is 5.20. The molecule has 2 unspecified atom stereocenters. The van der Waals surface area contributed by atoms with Crippen molar-refractivity contribution in [1.29, 1.82) is 0 Å².